The van der Waals surface area contributed by atoms with Crippen LogP contribution in [0.2, 0.25) is 0 Å². The van der Waals surface area contributed by atoms with Crippen molar-refractivity contribution >= 4 is 11.6 Å². The number of alkyl halides is 1. The summed E-state index contributed by atoms with van der Waals surface area (Å²) < 4.78 is 0. The van der Waals surface area contributed by atoms with Gasteiger partial charge in [0.15, 0.2) is 0 Å². The van der Waals surface area contributed by atoms with Gasteiger partial charge in [-0.25, -0.2) is 0 Å². The molecule has 1 saturated carbocycles. The lowest BCUT2D eigenvalue weighted by Crippen LogP contribution is -2.09. The molecule has 0 aromatic heterocycles. The minimum Gasteiger partial charge on any atom is -0.123 e. The normalized spacial score (nSPS) is 32.5. The van der Waals surface area contributed by atoms with Gasteiger partial charge in [0.2, 0.25) is 0 Å². The molecule has 2 unspecified atom stereocenters. The molecule has 0 aromatic carbocycles. The molecule has 0 spiro atoms. The van der Waals surface area contributed by atoms with E-state index in [9.17, 15) is 0 Å². The van der Waals surface area contributed by atoms with Crippen LogP contribution in [0.1, 0.15) is 58.3 Å². The standard InChI is InChI=1S/C11H21Cl/c1-2-5-10-6-3-4-7-11(12)9-8-10/h10-11H,2-9H2,1H3. The van der Waals surface area contributed by atoms with Crippen LogP contribution in [-0.4, -0.2) is 5.38 Å². The largest absolute Gasteiger partial charge is 0.123 e. The van der Waals surface area contributed by atoms with Crippen LogP contribution in [0.25, 0.3) is 0 Å². The Bertz CT molecular complexity index is 112. The number of hydrogen-bond acceptors (Lipinski definition) is 0. The Morgan fingerprint density at radius 1 is 1.08 bits per heavy atom. The molecule has 0 bridgehead atoms. The summed E-state index contributed by atoms with van der Waals surface area (Å²) in [7, 11) is 0. The Hall–Kier alpha value is 0.290. The molecule has 1 aliphatic carbocycles. The minimum absolute atomic E-state index is 0.477. The second kappa shape index (κ2) is 5.85. The third-order valence-electron chi connectivity index (χ3n) is 2.96. The summed E-state index contributed by atoms with van der Waals surface area (Å²) in [6, 6.07) is 0. The zero-order chi connectivity index (χ0) is 8.81. The third kappa shape index (κ3) is 3.80. The first-order valence-electron chi connectivity index (χ1n) is 5.47. The zero-order valence-corrected chi connectivity index (χ0v) is 8.95. The van der Waals surface area contributed by atoms with Gasteiger partial charge in [-0.3, -0.25) is 0 Å². The molecule has 1 heteroatoms. The summed E-state index contributed by atoms with van der Waals surface area (Å²) in [5.74, 6) is 0.983. The highest BCUT2D eigenvalue weighted by atomic mass is 35.5. The summed E-state index contributed by atoms with van der Waals surface area (Å²) in [5.41, 5.74) is 0. The Morgan fingerprint density at radius 2 is 1.83 bits per heavy atom. The van der Waals surface area contributed by atoms with E-state index in [1.54, 1.807) is 0 Å². The van der Waals surface area contributed by atoms with E-state index in [0.717, 1.165) is 5.92 Å². The van der Waals surface area contributed by atoms with Crippen LogP contribution >= 0.6 is 11.6 Å². The monoisotopic (exact) mass is 188 g/mol. The van der Waals surface area contributed by atoms with E-state index in [2.05, 4.69) is 6.92 Å². The minimum atomic E-state index is 0.477. The lowest BCUT2D eigenvalue weighted by molar-refractivity contribution is 0.358. The third-order valence-corrected chi connectivity index (χ3v) is 3.40. The molecular weight excluding hydrogens is 168 g/mol. The van der Waals surface area contributed by atoms with Crippen molar-refractivity contribution < 1.29 is 0 Å². The maximum absolute atomic E-state index is 6.16. The number of rotatable bonds is 2. The molecule has 2 atom stereocenters. The maximum Gasteiger partial charge on any atom is 0.0336 e. The van der Waals surface area contributed by atoms with E-state index in [1.807, 2.05) is 0 Å². The van der Waals surface area contributed by atoms with Crippen molar-refractivity contribution in [3.63, 3.8) is 0 Å². The van der Waals surface area contributed by atoms with Gasteiger partial charge in [0.1, 0.15) is 0 Å². The van der Waals surface area contributed by atoms with Gasteiger partial charge < -0.3 is 0 Å². The van der Waals surface area contributed by atoms with Gasteiger partial charge in [0.25, 0.3) is 0 Å². The van der Waals surface area contributed by atoms with Gasteiger partial charge in [-0.05, 0) is 25.2 Å². The molecule has 0 heterocycles. The molecule has 0 aliphatic heterocycles. The molecular formula is C11H21Cl. The molecule has 0 aromatic rings. The lowest BCUT2D eigenvalue weighted by atomic mass is 9.88. The average molecular weight is 189 g/mol. The van der Waals surface area contributed by atoms with E-state index in [-0.39, 0.29) is 0 Å². The average Bonchev–Trinajstić information content (AvgIpc) is 2.04. The van der Waals surface area contributed by atoms with Crippen LogP contribution in [0.3, 0.4) is 0 Å². The second-order valence-corrected chi connectivity index (χ2v) is 4.73. The van der Waals surface area contributed by atoms with E-state index < -0.39 is 0 Å². The Kier molecular flexibility index (Phi) is 5.06. The van der Waals surface area contributed by atoms with E-state index in [0.29, 0.717) is 5.38 Å². The molecule has 0 saturated heterocycles. The predicted octanol–water partition coefficient (Wildman–Crippen LogP) is 4.36. The van der Waals surface area contributed by atoms with Gasteiger partial charge >= 0.3 is 0 Å². The Balaban J connectivity index is 2.24. The van der Waals surface area contributed by atoms with Crippen LogP contribution in [0.4, 0.5) is 0 Å². The van der Waals surface area contributed by atoms with Gasteiger partial charge in [-0.2, -0.15) is 0 Å². The summed E-state index contributed by atoms with van der Waals surface area (Å²) >= 11 is 6.16. The number of hydrogen-bond donors (Lipinski definition) is 0. The van der Waals surface area contributed by atoms with Crippen molar-refractivity contribution in [2.75, 3.05) is 0 Å². The molecule has 72 valence electrons. The van der Waals surface area contributed by atoms with Crippen molar-refractivity contribution in [1.29, 1.82) is 0 Å². The highest BCUT2D eigenvalue weighted by Gasteiger charge is 2.14. The second-order valence-electron chi connectivity index (χ2n) is 4.11. The Labute approximate surface area is 81.7 Å². The summed E-state index contributed by atoms with van der Waals surface area (Å²) in [6.45, 7) is 2.29. The highest BCUT2D eigenvalue weighted by Crippen LogP contribution is 2.27. The van der Waals surface area contributed by atoms with E-state index in [1.165, 1.54) is 51.4 Å². The van der Waals surface area contributed by atoms with Crippen molar-refractivity contribution in [3.8, 4) is 0 Å². The van der Waals surface area contributed by atoms with Crippen LogP contribution in [0.15, 0.2) is 0 Å². The van der Waals surface area contributed by atoms with E-state index >= 15 is 0 Å². The van der Waals surface area contributed by atoms with Gasteiger partial charge in [-0.1, -0.05) is 39.0 Å². The molecule has 0 N–H and O–H groups in total. The molecule has 0 amide bonds. The topological polar surface area (TPSA) is 0 Å². The first kappa shape index (κ1) is 10.4. The van der Waals surface area contributed by atoms with Crippen LogP contribution in [-0.2, 0) is 0 Å². The molecule has 12 heavy (non-hydrogen) atoms. The first-order chi connectivity index (χ1) is 5.83. The zero-order valence-electron chi connectivity index (χ0n) is 8.19. The maximum atomic E-state index is 6.16. The van der Waals surface area contributed by atoms with Crippen LogP contribution in [0, 0.1) is 5.92 Å². The van der Waals surface area contributed by atoms with Crippen molar-refractivity contribution in [2.45, 2.75) is 63.7 Å². The SMILES string of the molecule is CCCC1CCCCC(Cl)CC1. The number of halogens is 1. The molecule has 1 rings (SSSR count). The van der Waals surface area contributed by atoms with Gasteiger partial charge in [0.05, 0.1) is 0 Å². The highest BCUT2D eigenvalue weighted by molar-refractivity contribution is 6.20. The summed E-state index contributed by atoms with van der Waals surface area (Å²) in [5, 5.41) is 0.477. The fourth-order valence-electron chi connectivity index (χ4n) is 2.20. The molecule has 1 aliphatic rings. The first-order valence-corrected chi connectivity index (χ1v) is 5.90. The van der Waals surface area contributed by atoms with Crippen LogP contribution in [0.5, 0.6) is 0 Å². The lowest BCUT2D eigenvalue weighted by Gasteiger charge is -2.21. The molecule has 0 radical (unpaired) electrons. The van der Waals surface area contributed by atoms with Crippen molar-refractivity contribution in [2.24, 2.45) is 5.92 Å². The van der Waals surface area contributed by atoms with Gasteiger partial charge in [0, 0.05) is 5.38 Å². The van der Waals surface area contributed by atoms with Crippen molar-refractivity contribution in [3.05, 3.63) is 0 Å². The fraction of sp³-hybridized carbons (Fsp3) is 1.00. The van der Waals surface area contributed by atoms with Crippen molar-refractivity contribution in [1.82, 2.24) is 0 Å². The molecule has 0 nitrogen and oxygen atoms in total. The van der Waals surface area contributed by atoms with E-state index in [4.69, 9.17) is 11.6 Å². The van der Waals surface area contributed by atoms with Crippen LogP contribution < -0.4 is 0 Å². The smallest absolute Gasteiger partial charge is 0.0336 e. The summed E-state index contributed by atoms with van der Waals surface area (Å²) in [4.78, 5) is 0. The van der Waals surface area contributed by atoms with Gasteiger partial charge in [-0.15, -0.1) is 11.6 Å². The fourth-order valence-corrected chi connectivity index (χ4v) is 2.48. The molecule has 1 fully saturated rings. The predicted molar refractivity (Wildman–Crippen MR) is 55.7 cm³/mol. The summed E-state index contributed by atoms with van der Waals surface area (Å²) in [6.07, 6.45) is 10.9. The quantitative estimate of drug-likeness (QED) is 0.565. The Morgan fingerprint density at radius 3 is 2.58 bits per heavy atom.